The van der Waals surface area contributed by atoms with Crippen molar-refractivity contribution in [2.75, 3.05) is 19.8 Å². The van der Waals surface area contributed by atoms with E-state index >= 15 is 0 Å². The van der Waals surface area contributed by atoms with E-state index in [0.717, 1.165) is 13.2 Å². The summed E-state index contributed by atoms with van der Waals surface area (Å²) in [6.07, 6.45) is 0. The van der Waals surface area contributed by atoms with Crippen LogP contribution in [0.15, 0.2) is 0 Å². The molecule has 1 unspecified atom stereocenters. The Morgan fingerprint density at radius 3 is 2.71 bits per heavy atom. The fraction of sp³-hybridized carbons (Fsp3) is 1.00. The molecule has 1 aliphatic heterocycles. The van der Waals surface area contributed by atoms with E-state index in [4.69, 9.17) is 12.1 Å². The fourth-order valence-corrected chi connectivity index (χ4v) is 1.65. The summed E-state index contributed by atoms with van der Waals surface area (Å²) in [6, 6.07) is 0. The Kier molecular flexibility index (Phi) is 1.37. The van der Waals surface area contributed by atoms with Crippen LogP contribution in [0.1, 0.15) is 0 Å². The third kappa shape index (κ3) is 1.41. The van der Waals surface area contributed by atoms with Crippen molar-refractivity contribution in [1.82, 2.24) is 5.09 Å². The van der Waals surface area contributed by atoms with Gasteiger partial charge in [-0.2, -0.15) is 5.09 Å². The van der Waals surface area contributed by atoms with Gasteiger partial charge in [0.1, 0.15) is 6.61 Å². The SMILES string of the molecule is [B][P+]1(C)NCCO1. The van der Waals surface area contributed by atoms with Gasteiger partial charge in [-0.15, -0.1) is 0 Å². The first-order valence-electron chi connectivity index (χ1n) is 2.25. The third-order valence-electron chi connectivity index (χ3n) is 0.887. The van der Waals surface area contributed by atoms with E-state index in [1.165, 1.54) is 0 Å². The van der Waals surface area contributed by atoms with Crippen molar-refractivity contribution in [3.05, 3.63) is 0 Å². The van der Waals surface area contributed by atoms with E-state index < -0.39 is 7.52 Å². The van der Waals surface area contributed by atoms with E-state index in [1.54, 1.807) is 0 Å². The normalized spacial score (nSPS) is 41.9. The fourth-order valence-electron chi connectivity index (χ4n) is 0.549. The van der Waals surface area contributed by atoms with Gasteiger partial charge in [-0.1, -0.05) is 0 Å². The monoisotopic (exact) mass is 116 g/mol. The lowest BCUT2D eigenvalue weighted by Crippen LogP contribution is -2.06. The molecule has 1 saturated heterocycles. The van der Waals surface area contributed by atoms with Gasteiger partial charge >= 0.3 is 7.57 Å². The largest absolute Gasteiger partial charge is 0.425 e. The zero-order valence-electron chi connectivity index (χ0n) is 4.35. The minimum Gasteiger partial charge on any atom is -0.238 e. The smallest absolute Gasteiger partial charge is 0.238 e. The van der Waals surface area contributed by atoms with Crippen LogP contribution in [0.2, 0.25) is 0 Å². The summed E-state index contributed by atoms with van der Waals surface area (Å²) >= 11 is 0. The van der Waals surface area contributed by atoms with Gasteiger partial charge in [-0.05, 0) is 0 Å². The summed E-state index contributed by atoms with van der Waals surface area (Å²) in [5.74, 6) is 0. The summed E-state index contributed by atoms with van der Waals surface area (Å²) < 4.78 is 5.12. The molecule has 4 heteroatoms. The molecule has 0 bridgehead atoms. The van der Waals surface area contributed by atoms with Gasteiger partial charge in [0.25, 0.3) is 0 Å². The Morgan fingerprint density at radius 1 is 1.86 bits per heavy atom. The van der Waals surface area contributed by atoms with Crippen LogP contribution in [0, 0.1) is 0 Å². The minimum absolute atomic E-state index is 0.779. The number of nitrogens with one attached hydrogen (secondary N) is 1. The highest BCUT2D eigenvalue weighted by Crippen LogP contribution is 2.48. The predicted octanol–water partition coefficient (Wildman–Crippen LogP) is 0.167. The van der Waals surface area contributed by atoms with Gasteiger partial charge in [0, 0.05) is 0 Å². The molecule has 0 spiro atoms. The lowest BCUT2D eigenvalue weighted by atomic mass is 10.8. The first-order chi connectivity index (χ1) is 3.21. The standard InChI is InChI=1S/C3H8BNOP/c1-7(4)5-2-3-6-7/h5H,2-3H2,1H3/q+1. The molecular formula is C3H8BNOP+. The lowest BCUT2D eigenvalue weighted by Gasteiger charge is -2.04. The van der Waals surface area contributed by atoms with E-state index in [1.807, 2.05) is 6.66 Å². The van der Waals surface area contributed by atoms with Crippen LogP contribution in [0.25, 0.3) is 0 Å². The first kappa shape index (κ1) is 5.55. The second-order valence-electron chi connectivity index (χ2n) is 1.73. The molecule has 1 heterocycles. The molecule has 1 atom stereocenters. The molecule has 0 aromatic rings. The Bertz CT molecular complexity index is 69.3. The lowest BCUT2D eigenvalue weighted by molar-refractivity contribution is 0.397. The van der Waals surface area contributed by atoms with Crippen molar-refractivity contribution in [2.24, 2.45) is 0 Å². The molecule has 1 aliphatic rings. The molecular weight excluding hydrogens is 108 g/mol. The van der Waals surface area contributed by atoms with Crippen molar-refractivity contribution in [3.63, 3.8) is 0 Å². The Morgan fingerprint density at radius 2 is 2.57 bits per heavy atom. The summed E-state index contributed by atoms with van der Waals surface area (Å²) in [4.78, 5) is 0. The zero-order chi connectivity index (χ0) is 5.33. The van der Waals surface area contributed by atoms with E-state index in [-0.39, 0.29) is 0 Å². The Hall–Kier alpha value is 0.415. The molecule has 38 valence electrons. The molecule has 0 aliphatic carbocycles. The van der Waals surface area contributed by atoms with Gasteiger partial charge in [-0.3, -0.25) is 0 Å². The van der Waals surface area contributed by atoms with Crippen LogP contribution in [0.4, 0.5) is 0 Å². The maximum absolute atomic E-state index is 5.56. The molecule has 1 fully saturated rings. The van der Waals surface area contributed by atoms with Gasteiger partial charge < -0.3 is 0 Å². The Labute approximate surface area is 45.5 Å². The molecule has 2 nitrogen and oxygen atoms in total. The molecule has 1 N–H and O–H groups in total. The highest BCUT2D eigenvalue weighted by atomic mass is 31.2. The van der Waals surface area contributed by atoms with E-state index in [2.05, 4.69) is 5.09 Å². The van der Waals surface area contributed by atoms with Crippen LogP contribution in [-0.2, 0) is 4.52 Å². The van der Waals surface area contributed by atoms with Crippen molar-refractivity contribution in [3.8, 4) is 0 Å². The summed E-state index contributed by atoms with van der Waals surface area (Å²) in [5, 5.41) is 3.06. The van der Waals surface area contributed by atoms with Gasteiger partial charge in [0.15, 0.2) is 7.52 Å². The highest BCUT2D eigenvalue weighted by molar-refractivity contribution is 7.91. The topological polar surface area (TPSA) is 21.3 Å². The molecule has 0 aromatic heterocycles. The molecule has 0 amide bonds. The van der Waals surface area contributed by atoms with E-state index in [0.29, 0.717) is 0 Å². The van der Waals surface area contributed by atoms with Crippen LogP contribution >= 0.6 is 7.52 Å². The number of hydrogen-bond donors (Lipinski definition) is 1. The van der Waals surface area contributed by atoms with Crippen LogP contribution in [0.3, 0.4) is 0 Å². The second kappa shape index (κ2) is 1.73. The summed E-state index contributed by atoms with van der Waals surface area (Å²) in [7, 11) is 4.01. The molecule has 0 aromatic carbocycles. The van der Waals surface area contributed by atoms with Gasteiger partial charge in [-0.25, -0.2) is 4.52 Å². The van der Waals surface area contributed by atoms with Crippen LogP contribution < -0.4 is 5.09 Å². The van der Waals surface area contributed by atoms with Crippen molar-refractivity contribution < 1.29 is 4.52 Å². The van der Waals surface area contributed by atoms with Crippen molar-refractivity contribution in [1.29, 1.82) is 0 Å². The molecule has 2 radical (unpaired) electrons. The molecule has 1 rings (SSSR count). The summed E-state index contributed by atoms with van der Waals surface area (Å²) in [5.41, 5.74) is 0. The van der Waals surface area contributed by atoms with Crippen molar-refractivity contribution in [2.45, 2.75) is 0 Å². The highest BCUT2D eigenvalue weighted by Gasteiger charge is 2.31. The van der Waals surface area contributed by atoms with Crippen molar-refractivity contribution >= 4 is 15.1 Å². The zero-order valence-corrected chi connectivity index (χ0v) is 5.24. The minimum atomic E-state index is -1.54. The maximum Gasteiger partial charge on any atom is 0.425 e. The quantitative estimate of drug-likeness (QED) is 0.359. The predicted molar refractivity (Wildman–Crippen MR) is 32.6 cm³/mol. The maximum atomic E-state index is 5.56. The van der Waals surface area contributed by atoms with Gasteiger partial charge in [0.2, 0.25) is 0 Å². The Balaban J connectivity index is 2.40. The number of rotatable bonds is 0. The first-order valence-corrected chi connectivity index (χ1v) is 4.48. The third-order valence-corrected chi connectivity index (χ3v) is 2.46. The average Bonchev–Trinajstić information content (AvgIpc) is 1.84. The molecule has 0 saturated carbocycles. The van der Waals surface area contributed by atoms with Crippen LogP contribution in [0.5, 0.6) is 0 Å². The molecule has 7 heavy (non-hydrogen) atoms. The van der Waals surface area contributed by atoms with Crippen LogP contribution in [-0.4, -0.2) is 27.4 Å². The van der Waals surface area contributed by atoms with E-state index in [9.17, 15) is 0 Å². The second-order valence-corrected chi connectivity index (χ2v) is 4.29. The van der Waals surface area contributed by atoms with Gasteiger partial charge in [0.05, 0.1) is 13.2 Å². The summed E-state index contributed by atoms with van der Waals surface area (Å²) in [6.45, 7) is 3.61. The number of hydrogen-bond acceptors (Lipinski definition) is 2. The average molecular weight is 116 g/mol.